The minimum absolute atomic E-state index is 0.0397. The summed E-state index contributed by atoms with van der Waals surface area (Å²) in [7, 11) is 1.48. The number of rotatable bonds is 4. The van der Waals surface area contributed by atoms with E-state index in [0.29, 0.717) is 12.3 Å². The summed E-state index contributed by atoms with van der Waals surface area (Å²) in [6, 6.07) is 4.85. The zero-order chi connectivity index (χ0) is 13.1. The van der Waals surface area contributed by atoms with Crippen LogP contribution < -0.4 is 10.1 Å². The molecule has 0 aliphatic heterocycles. The maximum Gasteiger partial charge on any atom is 0.160 e. The zero-order valence-electron chi connectivity index (χ0n) is 10.8. The summed E-state index contributed by atoms with van der Waals surface area (Å²) in [6.45, 7) is 6.57. The van der Waals surface area contributed by atoms with Crippen LogP contribution in [-0.2, 0) is 0 Å². The molecule has 1 atom stereocenters. The first-order valence-corrected chi connectivity index (χ1v) is 5.63. The Morgan fingerprint density at radius 2 is 2.00 bits per heavy atom. The van der Waals surface area contributed by atoms with Crippen molar-refractivity contribution in [2.75, 3.05) is 13.7 Å². The molecule has 0 bridgehead atoms. The highest BCUT2D eigenvalue weighted by Crippen LogP contribution is 2.28. The Balaban J connectivity index is 2.72. The zero-order valence-corrected chi connectivity index (χ0v) is 10.8. The van der Waals surface area contributed by atoms with Crippen LogP contribution in [0.5, 0.6) is 11.5 Å². The molecule has 0 spiro atoms. The van der Waals surface area contributed by atoms with Crippen molar-refractivity contribution in [1.82, 2.24) is 5.32 Å². The molecule has 0 saturated heterocycles. The molecule has 0 aromatic heterocycles. The van der Waals surface area contributed by atoms with Gasteiger partial charge in [0, 0.05) is 12.1 Å². The quantitative estimate of drug-likeness (QED) is 0.750. The number of aliphatic hydroxyl groups excluding tert-OH is 1. The van der Waals surface area contributed by atoms with Gasteiger partial charge >= 0.3 is 0 Å². The second kappa shape index (κ2) is 5.38. The van der Waals surface area contributed by atoms with Crippen LogP contribution in [0, 0.1) is 0 Å². The highest BCUT2D eigenvalue weighted by molar-refractivity contribution is 5.42. The molecule has 4 heteroatoms. The van der Waals surface area contributed by atoms with E-state index >= 15 is 0 Å². The molecule has 0 fully saturated rings. The molecule has 0 amide bonds. The topological polar surface area (TPSA) is 61.7 Å². The van der Waals surface area contributed by atoms with Gasteiger partial charge in [0.15, 0.2) is 11.5 Å². The van der Waals surface area contributed by atoms with Gasteiger partial charge in [0.1, 0.15) is 0 Å². The van der Waals surface area contributed by atoms with Gasteiger partial charge in [0.2, 0.25) is 0 Å². The van der Waals surface area contributed by atoms with E-state index in [1.807, 2.05) is 20.8 Å². The third kappa shape index (κ3) is 4.24. The maximum absolute atomic E-state index is 10.00. The fraction of sp³-hybridized carbons (Fsp3) is 0.538. The van der Waals surface area contributed by atoms with E-state index in [0.717, 1.165) is 5.56 Å². The Hall–Kier alpha value is -1.26. The monoisotopic (exact) mass is 239 g/mol. The molecule has 0 aliphatic rings. The second-order valence-corrected chi connectivity index (χ2v) is 5.08. The van der Waals surface area contributed by atoms with Gasteiger partial charge in [-0.15, -0.1) is 0 Å². The third-order valence-corrected chi connectivity index (χ3v) is 2.41. The SMILES string of the molecule is COc1cc([C@@H](O)CNC(C)(C)C)ccc1O. The van der Waals surface area contributed by atoms with Crippen LogP contribution in [0.25, 0.3) is 0 Å². The van der Waals surface area contributed by atoms with E-state index in [2.05, 4.69) is 5.32 Å². The van der Waals surface area contributed by atoms with Crippen molar-refractivity contribution in [1.29, 1.82) is 0 Å². The number of nitrogens with one attached hydrogen (secondary N) is 1. The van der Waals surface area contributed by atoms with E-state index in [4.69, 9.17) is 4.74 Å². The number of phenols is 1. The summed E-state index contributed by atoms with van der Waals surface area (Å²) in [5.74, 6) is 0.449. The predicted molar refractivity (Wildman–Crippen MR) is 67.4 cm³/mol. The molecule has 1 rings (SSSR count). The molecule has 0 radical (unpaired) electrons. The molecule has 3 N–H and O–H groups in total. The van der Waals surface area contributed by atoms with Gasteiger partial charge in [-0.3, -0.25) is 0 Å². The fourth-order valence-electron chi connectivity index (χ4n) is 1.42. The van der Waals surface area contributed by atoms with Gasteiger partial charge in [-0.25, -0.2) is 0 Å². The molecule has 17 heavy (non-hydrogen) atoms. The van der Waals surface area contributed by atoms with E-state index in [1.54, 1.807) is 12.1 Å². The highest BCUT2D eigenvalue weighted by atomic mass is 16.5. The molecular weight excluding hydrogens is 218 g/mol. The number of β-amino-alcohol motifs (C(OH)–C–C–N with tert-alkyl or cyclic N) is 1. The number of aliphatic hydroxyl groups is 1. The van der Waals surface area contributed by atoms with Crippen molar-refractivity contribution in [3.63, 3.8) is 0 Å². The molecule has 96 valence electrons. The average molecular weight is 239 g/mol. The fourth-order valence-corrected chi connectivity index (χ4v) is 1.42. The van der Waals surface area contributed by atoms with Crippen molar-refractivity contribution in [3.8, 4) is 11.5 Å². The lowest BCUT2D eigenvalue weighted by Crippen LogP contribution is -2.38. The maximum atomic E-state index is 10.00. The summed E-state index contributed by atoms with van der Waals surface area (Å²) in [4.78, 5) is 0. The van der Waals surface area contributed by atoms with E-state index in [-0.39, 0.29) is 11.3 Å². The lowest BCUT2D eigenvalue weighted by molar-refractivity contribution is 0.163. The van der Waals surface area contributed by atoms with E-state index in [1.165, 1.54) is 13.2 Å². The van der Waals surface area contributed by atoms with Crippen molar-refractivity contribution >= 4 is 0 Å². The van der Waals surface area contributed by atoms with Gasteiger partial charge < -0.3 is 20.3 Å². The Labute approximate surface area is 102 Å². The van der Waals surface area contributed by atoms with Gasteiger partial charge in [0.05, 0.1) is 13.2 Å². The number of hydrogen-bond acceptors (Lipinski definition) is 4. The summed E-state index contributed by atoms with van der Waals surface area (Å²) in [5.41, 5.74) is 0.679. The van der Waals surface area contributed by atoms with Gasteiger partial charge in [-0.1, -0.05) is 6.07 Å². The summed E-state index contributed by atoms with van der Waals surface area (Å²) in [5, 5.41) is 22.7. The molecular formula is C13H21NO3. The van der Waals surface area contributed by atoms with Gasteiger partial charge in [-0.05, 0) is 38.5 Å². The number of hydrogen-bond donors (Lipinski definition) is 3. The van der Waals surface area contributed by atoms with Gasteiger partial charge in [0.25, 0.3) is 0 Å². The Bertz CT molecular complexity index is 371. The van der Waals surface area contributed by atoms with Crippen LogP contribution in [0.15, 0.2) is 18.2 Å². The minimum Gasteiger partial charge on any atom is -0.504 e. The molecule has 0 heterocycles. The van der Waals surface area contributed by atoms with E-state index < -0.39 is 6.10 Å². The Morgan fingerprint density at radius 3 is 2.53 bits per heavy atom. The second-order valence-electron chi connectivity index (χ2n) is 5.08. The van der Waals surface area contributed by atoms with Gasteiger partial charge in [-0.2, -0.15) is 0 Å². The molecule has 4 nitrogen and oxygen atoms in total. The third-order valence-electron chi connectivity index (χ3n) is 2.41. The van der Waals surface area contributed by atoms with E-state index in [9.17, 15) is 10.2 Å². The smallest absolute Gasteiger partial charge is 0.160 e. The van der Waals surface area contributed by atoms with Crippen molar-refractivity contribution in [2.45, 2.75) is 32.4 Å². The normalized spacial score (nSPS) is 13.5. The Morgan fingerprint density at radius 1 is 1.35 bits per heavy atom. The van der Waals surface area contributed by atoms with Crippen molar-refractivity contribution < 1.29 is 14.9 Å². The lowest BCUT2D eigenvalue weighted by Gasteiger charge is -2.23. The van der Waals surface area contributed by atoms with Crippen molar-refractivity contribution in [2.24, 2.45) is 0 Å². The predicted octanol–water partition coefficient (Wildman–Crippen LogP) is 1.82. The summed E-state index contributed by atoms with van der Waals surface area (Å²) >= 11 is 0. The Kier molecular flexibility index (Phi) is 4.37. The number of phenolic OH excluding ortho intramolecular Hbond substituents is 1. The molecule has 0 aliphatic carbocycles. The summed E-state index contributed by atoms with van der Waals surface area (Å²) in [6.07, 6.45) is -0.622. The number of ether oxygens (including phenoxy) is 1. The van der Waals surface area contributed by atoms with Crippen LogP contribution >= 0.6 is 0 Å². The first-order valence-electron chi connectivity index (χ1n) is 5.63. The first-order chi connectivity index (χ1) is 7.83. The molecule has 0 saturated carbocycles. The van der Waals surface area contributed by atoms with Crippen LogP contribution in [0.2, 0.25) is 0 Å². The number of benzene rings is 1. The van der Waals surface area contributed by atoms with Crippen LogP contribution in [-0.4, -0.2) is 29.4 Å². The minimum atomic E-state index is -0.622. The average Bonchev–Trinajstić information content (AvgIpc) is 2.25. The lowest BCUT2D eigenvalue weighted by atomic mass is 10.1. The molecule has 0 unspecified atom stereocenters. The number of aromatic hydroxyl groups is 1. The van der Waals surface area contributed by atoms with Crippen molar-refractivity contribution in [3.05, 3.63) is 23.8 Å². The summed E-state index contributed by atoms with van der Waals surface area (Å²) < 4.78 is 5.00. The molecule has 1 aromatic rings. The molecule has 1 aromatic carbocycles. The first kappa shape index (κ1) is 13.8. The largest absolute Gasteiger partial charge is 0.504 e. The van der Waals surface area contributed by atoms with Crippen LogP contribution in [0.4, 0.5) is 0 Å². The standard InChI is InChI=1S/C13H21NO3/c1-13(2,3)14-8-11(16)9-5-6-10(15)12(7-9)17-4/h5-7,11,14-16H,8H2,1-4H3/t11-/m0/s1. The number of methoxy groups -OCH3 is 1. The highest BCUT2D eigenvalue weighted by Gasteiger charge is 2.14. The van der Waals surface area contributed by atoms with Crippen LogP contribution in [0.3, 0.4) is 0 Å². The van der Waals surface area contributed by atoms with Crippen LogP contribution in [0.1, 0.15) is 32.4 Å².